The van der Waals surface area contributed by atoms with Gasteiger partial charge in [0.1, 0.15) is 0 Å². The Morgan fingerprint density at radius 1 is 1.07 bits per heavy atom. The number of nitrogens with zero attached hydrogens (tertiary/aromatic N) is 3. The van der Waals surface area contributed by atoms with Gasteiger partial charge < -0.3 is 5.32 Å². The lowest BCUT2D eigenvalue weighted by Gasteiger charge is -1.99. The lowest BCUT2D eigenvalue weighted by atomic mass is 10.3. The van der Waals surface area contributed by atoms with Crippen molar-refractivity contribution in [1.82, 2.24) is 14.8 Å². The third kappa shape index (κ3) is 3.70. The zero-order valence-electron chi connectivity index (χ0n) is 14.3. The average Bonchev–Trinajstić information content (AvgIpc) is 3.28. The molecule has 8 heteroatoms. The van der Waals surface area contributed by atoms with E-state index in [1.54, 1.807) is 23.0 Å². The maximum absolute atomic E-state index is 12.5. The van der Waals surface area contributed by atoms with Crippen LogP contribution in [-0.2, 0) is 4.79 Å². The van der Waals surface area contributed by atoms with E-state index in [0.717, 1.165) is 15.9 Å². The third-order valence-corrected chi connectivity index (χ3v) is 4.73. The second-order valence-electron chi connectivity index (χ2n) is 5.85. The summed E-state index contributed by atoms with van der Waals surface area (Å²) in [5.74, 6) is -0.416. The van der Waals surface area contributed by atoms with Crippen LogP contribution in [0.3, 0.4) is 0 Å². The van der Waals surface area contributed by atoms with Gasteiger partial charge in [-0.1, -0.05) is 29.5 Å². The number of para-hydroxylation sites is 1. The van der Waals surface area contributed by atoms with Crippen LogP contribution in [0.2, 0.25) is 0 Å². The van der Waals surface area contributed by atoms with Gasteiger partial charge in [0.05, 0.1) is 27.7 Å². The molecule has 0 aliphatic heterocycles. The van der Waals surface area contributed by atoms with Crippen LogP contribution in [0.1, 0.15) is 17.3 Å². The van der Waals surface area contributed by atoms with Crippen molar-refractivity contribution in [2.45, 2.75) is 6.92 Å². The highest BCUT2D eigenvalue weighted by molar-refractivity contribution is 7.22. The topological polar surface area (TPSA) is 88.9 Å². The van der Waals surface area contributed by atoms with Gasteiger partial charge in [0.25, 0.3) is 5.91 Å². The Morgan fingerprint density at radius 2 is 1.89 bits per heavy atom. The van der Waals surface area contributed by atoms with Crippen molar-refractivity contribution in [3.63, 3.8) is 0 Å². The molecule has 2 heterocycles. The zero-order valence-corrected chi connectivity index (χ0v) is 15.2. The Hall–Kier alpha value is -3.52. The molecule has 0 spiro atoms. The molecule has 0 aliphatic rings. The maximum Gasteiger partial charge on any atom is 0.260 e. The van der Waals surface area contributed by atoms with E-state index in [-0.39, 0.29) is 11.8 Å². The zero-order chi connectivity index (χ0) is 18.8. The summed E-state index contributed by atoms with van der Waals surface area (Å²) >= 11 is 1.34. The number of amides is 2. The van der Waals surface area contributed by atoms with Crippen LogP contribution in [0.5, 0.6) is 0 Å². The number of benzene rings is 2. The predicted octanol–water partition coefficient (Wildman–Crippen LogP) is 3.69. The molecule has 2 amide bonds. The number of anilines is 2. The van der Waals surface area contributed by atoms with Crippen molar-refractivity contribution < 1.29 is 9.59 Å². The summed E-state index contributed by atoms with van der Waals surface area (Å²) < 4.78 is 2.52. The normalized spacial score (nSPS) is 10.7. The van der Waals surface area contributed by atoms with Crippen molar-refractivity contribution in [3.8, 4) is 5.69 Å². The van der Waals surface area contributed by atoms with Gasteiger partial charge in [0.15, 0.2) is 5.13 Å². The van der Waals surface area contributed by atoms with E-state index in [4.69, 9.17) is 0 Å². The van der Waals surface area contributed by atoms with Crippen LogP contribution in [0.25, 0.3) is 15.9 Å². The van der Waals surface area contributed by atoms with Gasteiger partial charge in [0.2, 0.25) is 5.91 Å². The van der Waals surface area contributed by atoms with Crippen molar-refractivity contribution in [2.24, 2.45) is 0 Å². The minimum Gasteiger partial charge on any atom is -0.326 e. The Bertz CT molecular complexity index is 1130. The Labute approximate surface area is 158 Å². The van der Waals surface area contributed by atoms with Crippen LogP contribution in [0.15, 0.2) is 60.9 Å². The maximum atomic E-state index is 12.5. The second-order valence-corrected chi connectivity index (χ2v) is 6.88. The molecule has 134 valence electrons. The van der Waals surface area contributed by atoms with Gasteiger partial charge in [-0.05, 0) is 30.3 Å². The van der Waals surface area contributed by atoms with Gasteiger partial charge in [-0.2, -0.15) is 5.10 Å². The van der Waals surface area contributed by atoms with E-state index >= 15 is 0 Å². The number of hydrogen-bond acceptors (Lipinski definition) is 5. The monoisotopic (exact) mass is 377 g/mol. The first-order chi connectivity index (χ1) is 13.1. The van der Waals surface area contributed by atoms with Crippen LogP contribution < -0.4 is 10.6 Å². The number of aromatic nitrogens is 3. The van der Waals surface area contributed by atoms with E-state index in [0.29, 0.717) is 16.4 Å². The summed E-state index contributed by atoms with van der Waals surface area (Å²) in [6, 6.07) is 15.0. The summed E-state index contributed by atoms with van der Waals surface area (Å²) in [5, 5.41) is 10.3. The van der Waals surface area contributed by atoms with E-state index in [1.807, 2.05) is 36.4 Å². The second kappa shape index (κ2) is 7.00. The first-order valence-corrected chi connectivity index (χ1v) is 9.00. The Balaban J connectivity index is 1.52. The fourth-order valence-corrected chi connectivity index (χ4v) is 3.49. The molecular weight excluding hydrogens is 362 g/mol. The van der Waals surface area contributed by atoms with Crippen molar-refractivity contribution in [2.75, 3.05) is 10.6 Å². The number of carbonyl (C=O) groups is 2. The minimum absolute atomic E-state index is 0.136. The lowest BCUT2D eigenvalue weighted by molar-refractivity contribution is -0.114. The molecule has 0 unspecified atom stereocenters. The van der Waals surface area contributed by atoms with Crippen LogP contribution in [0.4, 0.5) is 10.8 Å². The molecule has 0 atom stereocenters. The first-order valence-electron chi connectivity index (χ1n) is 8.18. The SMILES string of the molecule is CC(=O)Nc1ccc2nc(NC(=O)c3cnn(-c4ccccc4)c3)sc2c1. The minimum atomic E-state index is -0.279. The quantitative estimate of drug-likeness (QED) is 0.568. The molecule has 7 nitrogen and oxygen atoms in total. The number of nitrogens with one attached hydrogen (secondary N) is 2. The standard InChI is InChI=1S/C19H15N5O2S/c1-12(25)21-14-7-8-16-17(9-14)27-19(22-16)23-18(26)13-10-20-24(11-13)15-5-3-2-4-6-15/h2-11H,1H3,(H,21,25)(H,22,23,26). The number of thiazole rings is 1. The fourth-order valence-electron chi connectivity index (χ4n) is 2.59. The van der Waals surface area contributed by atoms with E-state index in [9.17, 15) is 9.59 Å². The summed E-state index contributed by atoms with van der Waals surface area (Å²) in [5.41, 5.74) is 2.77. The molecule has 4 rings (SSSR count). The molecular formula is C19H15N5O2S. The van der Waals surface area contributed by atoms with E-state index < -0.39 is 0 Å². The lowest BCUT2D eigenvalue weighted by Crippen LogP contribution is -2.10. The molecule has 0 aliphatic carbocycles. The molecule has 27 heavy (non-hydrogen) atoms. The molecule has 0 bridgehead atoms. The molecule has 0 fully saturated rings. The van der Waals surface area contributed by atoms with Gasteiger partial charge in [-0.15, -0.1) is 0 Å². The molecule has 0 saturated carbocycles. The van der Waals surface area contributed by atoms with Gasteiger partial charge in [-0.3, -0.25) is 14.9 Å². The number of fused-ring (bicyclic) bond motifs is 1. The number of hydrogen-bond donors (Lipinski definition) is 2. The smallest absolute Gasteiger partial charge is 0.260 e. The van der Waals surface area contributed by atoms with Crippen LogP contribution in [0, 0.1) is 0 Å². The summed E-state index contributed by atoms with van der Waals surface area (Å²) in [4.78, 5) is 28.1. The summed E-state index contributed by atoms with van der Waals surface area (Å²) in [6.45, 7) is 1.46. The average molecular weight is 377 g/mol. The molecule has 2 aromatic heterocycles. The number of carbonyl (C=O) groups excluding carboxylic acids is 2. The summed E-state index contributed by atoms with van der Waals surface area (Å²) in [6.07, 6.45) is 3.19. The largest absolute Gasteiger partial charge is 0.326 e. The molecule has 0 radical (unpaired) electrons. The van der Waals surface area contributed by atoms with Crippen LogP contribution in [-0.4, -0.2) is 26.6 Å². The molecule has 2 N–H and O–H groups in total. The third-order valence-electron chi connectivity index (χ3n) is 3.79. The Morgan fingerprint density at radius 3 is 2.67 bits per heavy atom. The van der Waals surface area contributed by atoms with Crippen molar-refractivity contribution in [1.29, 1.82) is 0 Å². The highest BCUT2D eigenvalue weighted by atomic mass is 32.1. The molecule has 2 aromatic carbocycles. The number of rotatable bonds is 4. The predicted molar refractivity (Wildman–Crippen MR) is 105 cm³/mol. The molecule has 0 saturated heterocycles. The van der Waals surface area contributed by atoms with E-state index in [1.165, 1.54) is 24.5 Å². The summed E-state index contributed by atoms with van der Waals surface area (Å²) in [7, 11) is 0. The van der Waals surface area contributed by atoms with Gasteiger partial charge >= 0.3 is 0 Å². The first kappa shape index (κ1) is 16.9. The molecule has 4 aromatic rings. The van der Waals surface area contributed by atoms with Gasteiger partial charge in [0, 0.05) is 18.8 Å². The van der Waals surface area contributed by atoms with Gasteiger partial charge in [-0.25, -0.2) is 9.67 Å². The fraction of sp³-hybridized carbons (Fsp3) is 0.0526. The highest BCUT2D eigenvalue weighted by Crippen LogP contribution is 2.28. The van der Waals surface area contributed by atoms with Crippen molar-refractivity contribution >= 4 is 44.2 Å². The Kier molecular flexibility index (Phi) is 4.39. The van der Waals surface area contributed by atoms with Crippen molar-refractivity contribution in [3.05, 3.63) is 66.5 Å². The van der Waals surface area contributed by atoms with E-state index in [2.05, 4.69) is 20.7 Å². The highest BCUT2D eigenvalue weighted by Gasteiger charge is 2.13. The van der Waals surface area contributed by atoms with Crippen LogP contribution >= 0.6 is 11.3 Å².